The second-order valence-electron chi connectivity index (χ2n) is 3.26. The lowest BCUT2D eigenvalue weighted by molar-refractivity contribution is -0.723. The van der Waals surface area contributed by atoms with Crippen LogP contribution in [-0.4, -0.2) is 5.91 Å². The highest BCUT2D eigenvalue weighted by Gasteiger charge is 2.13. The first-order chi connectivity index (χ1) is 6.65. The molecule has 1 rings (SSSR count). The van der Waals surface area contributed by atoms with E-state index >= 15 is 0 Å². The van der Waals surface area contributed by atoms with E-state index in [0.717, 1.165) is 12.8 Å². The monoisotopic (exact) mass is 194 g/mol. The van der Waals surface area contributed by atoms with E-state index < -0.39 is 5.91 Å². The van der Waals surface area contributed by atoms with E-state index in [2.05, 4.69) is 6.92 Å². The number of amides is 1. The van der Waals surface area contributed by atoms with Gasteiger partial charge in [-0.25, -0.2) is 0 Å². The van der Waals surface area contributed by atoms with Crippen LogP contribution in [0.1, 0.15) is 36.3 Å². The zero-order valence-electron chi connectivity index (χ0n) is 8.31. The van der Waals surface area contributed by atoms with Crippen LogP contribution < -0.4 is 16.0 Å². The van der Waals surface area contributed by atoms with Crippen LogP contribution in [0.25, 0.3) is 0 Å². The highest BCUT2D eigenvalue weighted by atomic mass is 16.1. The maximum atomic E-state index is 10.9. The van der Waals surface area contributed by atoms with Gasteiger partial charge in [-0.2, -0.15) is 4.57 Å². The average molecular weight is 194 g/mol. The minimum absolute atomic E-state index is 0.0840. The third kappa shape index (κ3) is 2.53. The molecule has 1 amide bonds. The largest absolute Gasteiger partial charge is 0.365 e. The van der Waals surface area contributed by atoms with Crippen molar-refractivity contribution in [3.8, 4) is 0 Å². The Kier molecular flexibility index (Phi) is 3.59. The van der Waals surface area contributed by atoms with Crippen molar-refractivity contribution in [2.45, 2.75) is 25.9 Å². The standard InChI is InChI=1S/C10H15N3O/c1-2-4-9(11)13-6-3-5-8(7-13)10(12)14/h3,5-7,9H,2,4,11H2,1H3,(H-,12,14)/p+1. The van der Waals surface area contributed by atoms with E-state index in [9.17, 15) is 4.79 Å². The number of primary amides is 1. The normalized spacial score (nSPS) is 12.4. The van der Waals surface area contributed by atoms with Gasteiger partial charge in [-0.3, -0.25) is 10.5 Å². The zero-order chi connectivity index (χ0) is 10.6. The van der Waals surface area contributed by atoms with Crippen LogP contribution in [0.15, 0.2) is 24.5 Å². The van der Waals surface area contributed by atoms with Gasteiger partial charge in [-0.15, -0.1) is 0 Å². The summed E-state index contributed by atoms with van der Waals surface area (Å²) in [6, 6.07) is 3.45. The summed E-state index contributed by atoms with van der Waals surface area (Å²) in [4.78, 5) is 10.9. The summed E-state index contributed by atoms with van der Waals surface area (Å²) in [5.41, 5.74) is 11.5. The highest BCUT2D eigenvalue weighted by molar-refractivity contribution is 5.92. The topological polar surface area (TPSA) is 73.0 Å². The molecule has 0 aliphatic heterocycles. The zero-order valence-corrected chi connectivity index (χ0v) is 8.31. The van der Waals surface area contributed by atoms with Crippen molar-refractivity contribution in [2.24, 2.45) is 11.5 Å². The molecule has 0 fully saturated rings. The first kappa shape index (κ1) is 10.7. The van der Waals surface area contributed by atoms with E-state index in [-0.39, 0.29) is 6.17 Å². The summed E-state index contributed by atoms with van der Waals surface area (Å²) >= 11 is 0. The van der Waals surface area contributed by atoms with E-state index in [1.807, 2.05) is 10.8 Å². The van der Waals surface area contributed by atoms with E-state index in [1.54, 1.807) is 18.3 Å². The van der Waals surface area contributed by atoms with Gasteiger partial charge < -0.3 is 5.73 Å². The summed E-state index contributed by atoms with van der Waals surface area (Å²) in [6.07, 6.45) is 5.33. The van der Waals surface area contributed by atoms with E-state index in [1.165, 1.54) is 0 Å². The summed E-state index contributed by atoms with van der Waals surface area (Å²) < 4.78 is 1.81. The summed E-state index contributed by atoms with van der Waals surface area (Å²) in [7, 11) is 0. The Balaban J connectivity index is 2.87. The minimum Gasteiger partial charge on any atom is -0.365 e. The van der Waals surface area contributed by atoms with Gasteiger partial charge in [-0.05, 0) is 12.5 Å². The second kappa shape index (κ2) is 4.72. The van der Waals surface area contributed by atoms with Gasteiger partial charge in [0.05, 0.1) is 0 Å². The third-order valence-electron chi connectivity index (χ3n) is 2.07. The lowest BCUT2D eigenvalue weighted by Crippen LogP contribution is -2.44. The molecule has 1 aromatic rings. The molecule has 1 atom stereocenters. The molecule has 0 aromatic carbocycles. The number of carbonyl (C=O) groups is 1. The van der Waals surface area contributed by atoms with Gasteiger partial charge >= 0.3 is 0 Å². The van der Waals surface area contributed by atoms with Crippen molar-refractivity contribution >= 4 is 5.91 Å². The highest BCUT2D eigenvalue weighted by Crippen LogP contribution is 1.99. The fourth-order valence-electron chi connectivity index (χ4n) is 1.29. The van der Waals surface area contributed by atoms with Crippen molar-refractivity contribution in [1.82, 2.24) is 0 Å². The number of hydrogen-bond donors (Lipinski definition) is 2. The predicted octanol–water partition coefficient (Wildman–Crippen LogP) is 0.330. The molecule has 0 radical (unpaired) electrons. The average Bonchev–Trinajstić information content (AvgIpc) is 2.18. The van der Waals surface area contributed by atoms with Crippen molar-refractivity contribution in [1.29, 1.82) is 0 Å². The molecule has 0 aliphatic carbocycles. The number of nitrogens with zero attached hydrogens (tertiary/aromatic N) is 1. The van der Waals surface area contributed by atoms with Crippen LogP contribution in [0.4, 0.5) is 0 Å². The van der Waals surface area contributed by atoms with E-state index in [4.69, 9.17) is 11.5 Å². The van der Waals surface area contributed by atoms with Crippen molar-refractivity contribution in [3.63, 3.8) is 0 Å². The SMILES string of the molecule is CCCC(N)[n+]1cccc(C(N)=O)c1. The lowest BCUT2D eigenvalue weighted by atomic mass is 10.2. The first-order valence-corrected chi connectivity index (χ1v) is 4.71. The molecular formula is C10H16N3O+. The summed E-state index contributed by atoms with van der Waals surface area (Å²) in [5, 5.41) is 0. The van der Waals surface area contributed by atoms with Crippen LogP contribution in [0.2, 0.25) is 0 Å². The van der Waals surface area contributed by atoms with Crippen molar-refractivity contribution in [3.05, 3.63) is 30.1 Å². The fourth-order valence-corrected chi connectivity index (χ4v) is 1.29. The number of nitrogens with two attached hydrogens (primary N) is 2. The molecule has 0 saturated heterocycles. The van der Waals surface area contributed by atoms with Gasteiger partial charge in [0.25, 0.3) is 5.91 Å². The Morgan fingerprint density at radius 1 is 1.64 bits per heavy atom. The van der Waals surface area contributed by atoms with Crippen LogP contribution in [-0.2, 0) is 0 Å². The Morgan fingerprint density at radius 2 is 2.36 bits per heavy atom. The summed E-state index contributed by atoms with van der Waals surface area (Å²) in [6.45, 7) is 2.07. The summed E-state index contributed by atoms with van der Waals surface area (Å²) in [5.74, 6) is -0.428. The molecule has 1 heterocycles. The number of hydrogen-bond acceptors (Lipinski definition) is 2. The third-order valence-corrected chi connectivity index (χ3v) is 2.07. The Bertz CT molecular complexity index is 325. The molecular weight excluding hydrogens is 178 g/mol. The molecule has 0 aliphatic rings. The molecule has 0 bridgehead atoms. The van der Waals surface area contributed by atoms with Gasteiger partial charge in [0.2, 0.25) is 6.17 Å². The van der Waals surface area contributed by atoms with E-state index in [0.29, 0.717) is 5.56 Å². The van der Waals surface area contributed by atoms with Gasteiger partial charge in [-0.1, -0.05) is 6.92 Å². The molecule has 0 spiro atoms. The van der Waals surface area contributed by atoms with Crippen molar-refractivity contribution in [2.75, 3.05) is 0 Å². The van der Waals surface area contributed by atoms with Gasteiger partial charge in [0.1, 0.15) is 5.56 Å². The Hall–Kier alpha value is -1.42. The van der Waals surface area contributed by atoms with Crippen LogP contribution in [0, 0.1) is 0 Å². The van der Waals surface area contributed by atoms with Crippen LogP contribution >= 0.6 is 0 Å². The second-order valence-corrected chi connectivity index (χ2v) is 3.26. The number of rotatable bonds is 4. The fraction of sp³-hybridized carbons (Fsp3) is 0.400. The quantitative estimate of drug-likeness (QED) is 0.678. The molecule has 14 heavy (non-hydrogen) atoms. The molecule has 0 saturated carbocycles. The smallest absolute Gasteiger partial charge is 0.254 e. The minimum atomic E-state index is -0.428. The maximum absolute atomic E-state index is 10.9. The van der Waals surface area contributed by atoms with Crippen molar-refractivity contribution < 1.29 is 9.36 Å². The molecule has 1 aromatic heterocycles. The number of carbonyl (C=O) groups excluding carboxylic acids is 1. The molecule has 4 heteroatoms. The number of aromatic nitrogens is 1. The Morgan fingerprint density at radius 3 is 2.93 bits per heavy atom. The maximum Gasteiger partial charge on any atom is 0.254 e. The van der Waals surface area contributed by atoms with Crippen LogP contribution in [0.5, 0.6) is 0 Å². The number of pyridine rings is 1. The Labute approximate surface area is 83.5 Å². The molecule has 4 nitrogen and oxygen atoms in total. The molecule has 4 N–H and O–H groups in total. The van der Waals surface area contributed by atoms with Gasteiger partial charge in [0, 0.05) is 12.5 Å². The first-order valence-electron chi connectivity index (χ1n) is 4.71. The van der Waals surface area contributed by atoms with Gasteiger partial charge in [0.15, 0.2) is 12.4 Å². The molecule has 1 unspecified atom stereocenters. The molecule has 76 valence electrons. The lowest BCUT2D eigenvalue weighted by Gasteiger charge is -2.05. The van der Waals surface area contributed by atoms with Crippen LogP contribution in [0.3, 0.4) is 0 Å². The predicted molar refractivity (Wildman–Crippen MR) is 53.3 cm³/mol.